The Hall–Kier alpha value is -1.87. The zero-order valence-corrected chi connectivity index (χ0v) is 11.4. The van der Waals surface area contributed by atoms with E-state index in [-0.39, 0.29) is 0 Å². The molecule has 0 unspecified atom stereocenters. The summed E-state index contributed by atoms with van der Waals surface area (Å²) in [4.78, 5) is 8.77. The van der Waals surface area contributed by atoms with Gasteiger partial charge in [-0.15, -0.1) is 11.6 Å². The van der Waals surface area contributed by atoms with E-state index in [9.17, 15) is 0 Å². The van der Waals surface area contributed by atoms with Crippen molar-refractivity contribution in [2.24, 2.45) is 0 Å². The molecule has 3 rings (SSSR count). The lowest BCUT2D eigenvalue weighted by atomic mass is 10.2. The highest BCUT2D eigenvalue weighted by atomic mass is 35.5. The van der Waals surface area contributed by atoms with Gasteiger partial charge in [0.05, 0.1) is 17.4 Å². The van der Waals surface area contributed by atoms with E-state index in [1.165, 1.54) is 5.56 Å². The van der Waals surface area contributed by atoms with Gasteiger partial charge in [0.25, 0.3) is 0 Å². The van der Waals surface area contributed by atoms with Crippen molar-refractivity contribution in [1.29, 1.82) is 0 Å². The number of para-hydroxylation sites is 1. The summed E-state index contributed by atoms with van der Waals surface area (Å²) in [6.07, 6.45) is 4.33. The van der Waals surface area contributed by atoms with Gasteiger partial charge >= 0.3 is 0 Å². The van der Waals surface area contributed by atoms with Crippen LogP contribution < -0.4 is 0 Å². The quantitative estimate of drug-likeness (QED) is 0.683. The molecule has 19 heavy (non-hydrogen) atoms. The van der Waals surface area contributed by atoms with Gasteiger partial charge in [-0.2, -0.15) is 0 Å². The van der Waals surface area contributed by atoms with Gasteiger partial charge < -0.3 is 0 Å². The summed E-state index contributed by atoms with van der Waals surface area (Å²) in [7, 11) is 0. The molecule has 3 aromatic rings. The van der Waals surface area contributed by atoms with E-state index in [1.54, 1.807) is 12.4 Å². The molecule has 0 aliphatic rings. The molecule has 2 aromatic heterocycles. The second-order valence-electron chi connectivity index (χ2n) is 4.45. The van der Waals surface area contributed by atoms with E-state index in [2.05, 4.69) is 33.6 Å². The molecular formula is C15H14ClN3. The first-order valence-corrected chi connectivity index (χ1v) is 6.78. The maximum Gasteiger partial charge on any atom is 0.115 e. The van der Waals surface area contributed by atoms with Gasteiger partial charge in [0.2, 0.25) is 0 Å². The summed E-state index contributed by atoms with van der Waals surface area (Å²) in [6, 6.07) is 10.3. The lowest BCUT2D eigenvalue weighted by Gasteiger charge is -2.11. The zero-order chi connectivity index (χ0) is 13.2. The fourth-order valence-electron chi connectivity index (χ4n) is 2.32. The molecule has 0 aliphatic heterocycles. The molecule has 0 amide bonds. The maximum atomic E-state index is 5.89. The average Bonchev–Trinajstić information content (AvgIpc) is 2.78. The van der Waals surface area contributed by atoms with E-state index in [1.807, 2.05) is 18.2 Å². The summed E-state index contributed by atoms with van der Waals surface area (Å²) >= 11 is 5.89. The van der Waals surface area contributed by atoms with Crippen LogP contribution in [0.2, 0.25) is 0 Å². The predicted molar refractivity (Wildman–Crippen MR) is 78.0 cm³/mol. The first-order chi connectivity index (χ1) is 9.31. The Morgan fingerprint density at radius 3 is 2.84 bits per heavy atom. The zero-order valence-electron chi connectivity index (χ0n) is 10.7. The van der Waals surface area contributed by atoms with Crippen molar-refractivity contribution in [3.05, 3.63) is 54.1 Å². The normalized spacial score (nSPS) is 11.1. The van der Waals surface area contributed by atoms with Crippen LogP contribution in [0.4, 0.5) is 0 Å². The molecule has 0 aliphatic carbocycles. The third-order valence-corrected chi connectivity index (χ3v) is 3.39. The summed E-state index contributed by atoms with van der Waals surface area (Å²) < 4.78 is 2.18. The fourth-order valence-corrected chi connectivity index (χ4v) is 2.49. The number of rotatable bonds is 3. The number of pyridine rings is 1. The van der Waals surface area contributed by atoms with Gasteiger partial charge in [-0.05, 0) is 24.6 Å². The van der Waals surface area contributed by atoms with Crippen molar-refractivity contribution in [1.82, 2.24) is 14.5 Å². The van der Waals surface area contributed by atoms with E-state index >= 15 is 0 Å². The van der Waals surface area contributed by atoms with Gasteiger partial charge in [-0.3, -0.25) is 9.55 Å². The van der Waals surface area contributed by atoms with Gasteiger partial charge in [0, 0.05) is 18.5 Å². The Kier molecular flexibility index (Phi) is 3.22. The summed E-state index contributed by atoms with van der Waals surface area (Å²) in [6.45, 7) is 2.10. The monoisotopic (exact) mass is 271 g/mol. The number of hydrogen-bond acceptors (Lipinski definition) is 2. The second-order valence-corrected chi connectivity index (χ2v) is 4.83. The smallest absolute Gasteiger partial charge is 0.115 e. The van der Waals surface area contributed by atoms with Crippen LogP contribution in [0.1, 0.15) is 11.4 Å². The number of imidazole rings is 1. The number of fused-ring (bicyclic) bond motifs is 1. The highest BCUT2D eigenvalue weighted by Crippen LogP contribution is 2.23. The molecule has 0 atom stereocenters. The molecule has 0 bridgehead atoms. The minimum absolute atomic E-state index is 0.558. The Balaban J connectivity index is 2.31. The number of benzene rings is 1. The third-order valence-electron chi connectivity index (χ3n) is 3.20. The van der Waals surface area contributed by atoms with E-state index in [0.29, 0.717) is 5.88 Å². The van der Waals surface area contributed by atoms with Crippen LogP contribution in [0.25, 0.3) is 16.7 Å². The van der Waals surface area contributed by atoms with Gasteiger partial charge in [0.1, 0.15) is 11.3 Å². The van der Waals surface area contributed by atoms with Gasteiger partial charge in [-0.1, -0.05) is 18.2 Å². The number of nitrogens with zero attached hydrogens (tertiary/aromatic N) is 3. The Bertz CT molecular complexity index is 718. The van der Waals surface area contributed by atoms with Crippen LogP contribution in [0.3, 0.4) is 0 Å². The molecule has 3 nitrogen and oxygen atoms in total. The maximum absolute atomic E-state index is 5.89. The first kappa shape index (κ1) is 12.2. The molecule has 0 radical (unpaired) electrons. The molecule has 0 spiro atoms. The van der Waals surface area contributed by atoms with Crippen LogP contribution >= 0.6 is 11.6 Å². The van der Waals surface area contributed by atoms with Crippen molar-refractivity contribution < 1.29 is 0 Å². The average molecular weight is 272 g/mol. The van der Waals surface area contributed by atoms with E-state index in [0.717, 1.165) is 29.0 Å². The van der Waals surface area contributed by atoms with Gasteiger partial charge in [0.15, 0.2) is 0 Å². The molecule has 0 fully saturated rings. The van der Waals surface area contributed by atoms with Crippen molar-refractivity contribution in [2.45, 2.75) is 13.3 Å². The van der Waals surface area contributed by atoms with Crippen molar-refractivity contribution >= 4 is 22.6 Å². The molecule has 0 saturated heterocycles. The Labute approximate surface area is 116 Å². The molecule has 0 N–H and O–H groups in total. The van der Waals surface area contributed by atoms with Crippen LogP contribution in [-0.4, -0.2) is 20.4 Å². The molecule has 1 aromatic carbocycles. The fraction of sp³-hybridized carbons (Fsp3) is 0.200. The number of aromatic nitrogens is 3. The highest BCUT2D eigenvalue weighted by molar-refractivity contribution is 6.17. The van der Waals surface area contributed by atoms with Gasteiger partial charge in [-0.25, -0.2) is 4.98 Å². The van der Waals surface area contributed by atoms with E-state index in [4.69, 9.17) is 11.6 Å². The lowest BCUT2D eigenvalue weighted by molar-refractivity contribution is 0.907. The molecule has 2 heterocycles. The van der Waals surface area contributed by atoms with Crippen molar-refractivity contribution in [3.8, 4) is 5.69 Å². The molecular weight excluding hydrogens is 258 g/mol. The van der Waals surface area contributed by atoms with Crippen molar-refractivity contribution in [3.63, 3.8) is 0 Å². The minimum atomic E-state index is 0.558. The first-order valence-electron chi connectivity index (χ1n) is 6.24. The standard InChI is InChI=1S/C15H14ClN3/c1-11-4-2-3-5-13(11)19-14-7-9-17-10-12(14)18-15(19)6-8-16/h2-5,7,9-10H,6,8H2,1H3. The Morgan fingerprint density at radius 1 is 1.21 bits per heavy atom. The van der Waals surface area contributed by atoms with Crippen LogP contribution in [0.15, 0.2) is 42.7 Å². The molecule has 0 saturated carbocycles. The topological polar surface area (TPSA) is 30.7 Å². The predicted octanol–water partition coefficient (Wildman–Crippen LogP) is 3.51. The number of alkyl halides is 1. The number of hydrogen-bond donors (Lipinski definition) is 0. The summed E-state index contributed by atoms with van der Waals surface area (Å²) in [5.74, 6) is 1.54. The molecule has 96 valence electrons. The third kappa shape index (κ3) is 2.10. The highest BCUT2D eigenvalue weighted by Gasteiger charge is 2.13. The second kappa shape index (κ2) is 5.02. The largest absolute Gasteiger partial charge is 0.296 e. The van der Waals surface area contributed by atoms with Crippen LogP contribution in [0, 0.1) is 6.92 Å². The molecule has 4 heteroatoms. The Morgan fingerprint density at radius 2 is 2.05 bits per heavy atom. The van der Waals surface area contributed by atoms with Crippen LogP contribution in [0.5, 0.6) is 0 Å². The number of halogens is 1. The van der Waals surface area contributed by atoms with E-state index < -0.39 is 0 Å². The SMILES string of the molecule is Cc1ccccc1-n1c(CCCl)nc2cnccc21. The number of aryl methyl sites for hydroxylation is 2. The minimum Gasteiger partial charge on any atom is -0.296 e. The lowest BCUT2D eigenvalue weighted by Crippen LogP contribution is -2.03. The van der Waals surface area contributed by atoms with Crippen molar-refractivity contribution in [2.75, 3.05) is 5.88 Å². The summed E-state index contributed by atoms with van der Waals surface area (Å²) in [5.41, 5.74) is 4.35. The summed E-state index contributed by atoms with van der Waals surface area (Å²) in [5, 5.41) is 0. The van der Waals surface area contributed by atoms with Crippen LogP contribution in [-0.2, 0) is 6.42 Å².